The lowest BCUT2D eigenvalue weighted by molar-refractivity contribution is -0.139. The summed E-state index contributed by atoms with van der Waals surface area (Å²) >= 11 is 5.84. The van der Waals surface area contributed by atoms with Gasteiger partial charge in [0.1, 0.15) is 6.04 Å². The van der Waals surface area contributed by atoms with E-state index in [4.69, 9.17) is 16.7 Å². The number of rotatable bonds is 5. The van der Waals surface area contributed by atoms with Crippen LogP contribution in [-0.2, 0) is 11.2 Å². The van der Waals surface area contributed by atoms with Gasteiger partial charge in [0.15, 0.2) is 0 Å². The number of amides is 1. The molecule has 0 aliphatic rings. The van der Waals surface area contributed by atoms with Crippen LogP contribution in [0.2, 0.25) is 5.02 Å². The van der Waals surface area contributed by atoms with Gasteiger partial charge in [-0.3, -0.25) is 9.78 Å². The highest BCUT2D eigenvalue weighted by atomic mass is 35.5. The van der Waals surface area contributed by atoms with E-state index in [1.807, 2.05) is 0 Å². The molecule has 8 heteroatoms. The summed E-state index contributed by atoms with van der Waals surface area (Å²) in [7, 11) is 0. The van der Waals surface area contributed by atoms with E-state index in [0.29, 0.717) is 5.69 Å². The number of carbonyl (C=O) groups excluding carboxylic acids is 1. The molecule has 2 rings (SSSR count). The van der Waals surface area contributed by atoms with Crippen LogP contribution in [0.4, 0.5) is 0 Å². The van der Waals surface area contributed by atoms with Gasteiger partial charge in [0.2, 0.25) is 0 Å². The molecule has 1 unspecified atom stereocenters. The average molecular weight is 295 g/mol. The number of hydrogen-bond donors (Lipinski definition) is 3. The van der Waals surface area contributed by atoms with Crippen molar-refractivity contribution in [2.24, 2.45) is 0 Å². The Morgan fingerprint density at radius 3 is 2.80 bits per heavy atom. The van der Waals surface area contributed by atoms with E-state index in [-0.39, 0.29) is 17.0 Å². The number of nitrogens with one attached hydrogen (secondary N) is 2. The van der Waals surface area contributed by atoms with E-state index in [9.17, 15) is 9.59 Å². The summed E-state index contributed by atoms with van der Waals surface area (Å²) in [6.45, 7) is 0. The predicted octanol–water partition coefficient (Wildman–Crippen LogP) is 0.884. The molecule has 1 atom stereocenters. The summed E-state index contributed by atoms with van der Waals surface area (Å²) in [5.74, 6) is -1.71. The third-order valence-corrected chi connectivity index (χ3v) is 2.90. The van der Waals surface area contributed by atoms with Gasteiger partial charge in [-0.25, -0.2) is 9.78 Å². The lowest BCUT2D eigenvalue weighted by Gasteiger charge is -2.14. The summed E-state index contributed by atoms with van der Waals surface area (Å²) in [6, 6.07) is 0.347. The fraction of sp³-hybridized carbons (Fsp3) is 0.167. The second-order valence-electron chi connectivity index (χ2n) is 4.00. The molecule has 0 radical (unpaired) electrons. The highest BCUT2D eigenvalue weighted by Gasteiger charge is 2.22. The molecule has 0 aliphatic heterocycles. The number of aromatic nitrogens is 3. The maximum absolute atomic E-state index is 12.0. The summed E-state index contributed by atoms with van der Waals surface area (Å²) in [6.07, 6.45) is 5.77. The number of imidazole rings is 1. The third kappa shape index (κ3) is 3.33. The first kappa shape index (κ1) is 14.0. The average Bonchev–Trinajstić information content (AvgIpc) is 2.91. The summed E-state index contributed by atoms with van der Waals surface area (Å²) in [4.78, 5) is 33.5. The first-order valence-electron chi connectivity index (χ1n) is 5.68. The highest BCUT2D eigenvalue weighted by molar-refractivity contribution is 6.33. The molecule has 0 aromatic carbocycles. The largest absolute Gasteiger partial charge is 0.480 e. The first-order valence-corrected chi connectivity index (χ1v) is 6.06. The molecular formula is C12H11ClN4O3. The quantitative estimate of drug-likeness (QED) is 0.759. The van der Waals surface area contributed by atoms with E-state index in [1.54, 1.807) is 0 Å². The van der Waals surface area contributed by atoms with Crippen LogP contribution in [0.25, 0.3) is 0 Å². The van der Waals surface area contributed by atoms with Crippen molar-refractivity contribution in [3.05, 3.63) is 47.3 Å². The Morgan fingerprint density at radius 1 is 1.40 bits per heavy atom. The molecule has 104 valence electrons. The van der Waals surface area contributed by atoms with Gasteiger partial charge in [-0.05, 0) is 6.07 Å². The third-order valence-electron chi connectivity index (χ3n) is 2.60. The molecule has 0 saturated heterocycles. The van der Waals surface area contributed by atoms with Crippen LogP contribution in [0.3, 0.4) is 0 Å². The molecule has 2 heterocycles. The van der Waals surface area contributed by atoms with E-state index in [0.717, 1.165) is 0 Å². The minimum Gasteiger partial charge on any atom is -0.480 e. The Hall–Kier alpha value is -2.41. The molecule has 0 saturated carbocycles. The molecule has 0 bridgehead atoms. The van der Waals surface area contributed by atoms with Gasteiger partial charge in [-0.15, -0.1) is 0 Å². The van der Waals surface area contributed by atoms with Gasteiger partial charge in [-0.2, -0.15) is 0 Å². The molecule has 7 nitrogen and oxygen atoms in total. The van der Waals surface area contributed by atoms with Gasteiger partial charge < -0.3 is 15.4 Å². The Bertz CT molecular complexity index is 615. The maximum Gasteiger partial charge on any atom is 0.326 e. The number of carboxylic acids is 1. The van der Waals surface area contributed by atoms with Crippen molar-refractivity contribution >= 4 is 23.5 Å². The van der Waals surface area contributed by atoms with Crippen LogP contribution >= 0.6 is 11.6 Å². The van der Waals surface area contributed by atoms with E-state index in [2.05, 4.69) is 20.3 Å². The van der Waals surface area contributed by atoms with Crippen molar-refractivity contribution in [2.45, 2.75) is 12.5 Å². The zero-order chi connectivity index (χ0) is 14.5. The Morgan fingerprint density at radius 2 is 2.20 bits per heavy atom. The standard InChI is InChI=1S/C12H11ClN4O3/c13-9-5-14-2-1-8(9)11(18)17-10(12(19)20)3-7-4-15-6-16-7/h1-2,4-6,10H,3H2,(H,15,16)(H,17,18)(H,19,20). The Balaban J connectivity index is 2.10. The molecular weight excluding hydrogens is 284 g/mol. The summed E-state index contributed by atoms with van der Waals surface area (Å²) in [5, 5.41) is 11.7. The van der Waals surface area contributed by atoms with Gasteiger partial charge in [0, 0.05) is 30.7 Å². The van der Waals surface area contributed by atoms with Crippen LogP contribution in [0.5, 0.6) is 0 Å². The number of halogens is 1. The fourth-order valence-corrected chi connectivity index (χ4v) is 1.82. The van der Waals surface area contributed by atoms with Gasteiger partial charge in [0.05, 0.1) is 16.9 Å². The number of carboxylic acid groups (broad SMARTS) is 1. The molecule has 20 heavy (non-hydrogen) atoms. The van der Waals surface area contributed by atoms with Gasteiger partial charge in [0.25, 0.3) is 5.91 Å². The van der Waals surface area contributed by atoms with E-state index in [1.165, 1.54) is 31.0 Å². The van der Waals surface area contributed by atoms with Crippen LogP contribution in [0.1, 0.15) is 16.1 Å². The number of pyridine rings is 1. The molecule has 2 aromatic rings. The summed E-state index contributed by atoms with van der Waals surface area (Å²) in [5.41, 5.74) is 0.788. The molecule has 0 spiro atoms. The zero-order valence-corrected chi connectivity index (χ0v) is 11.0. The smallest absolute Gasteiger partial charge is 0.326 e. The number of aromatic amines is 1. The minimum absolute atomic E-state index is 0.101. The summed E-state index contributed by atoms with van der Waals surface area (Å²) < 4.78 is 0. The number of H-pyrrole nitrogens is 1. The molecule has 3 N–H and O–H groups in total. The minimum atomic E-state index is -1.14. The fourth-order valence-electron chi connectivity index (χ4n) is 1.61. The number of aliphatic carboxylic acids is 1. The van der Waals surface area contributed by atoms with Crippen molar-refractivity contribution < 1.29 is 14.7 Å². The number of hydrogen-bond acceptors (Lipinski definition) is 4. The predicted molar refractivity (Wildman–Crippen MR) is 70.4 cm³/mol. The van der Waals surface area contributed by atoms with Crippen molar-refractivity contribution in [3.63, 3.8) is 0 Å². The first-order chi connectivity index (χ1) is 9.58. The van der Waals surface area contributed by atoms with Crippen molar-refractivity contribution in [3.8, 4) is 0 Å². The molecule has 0 fully saturated rings. The normalized spacial score (nSPS) is 11.8. The lowest BCUT2D eigenvalue weighted by atomic mass is 10.1. The Kier molecular flexibility index (Phi) is 4.31. The lowest BCUT2D eigenvalue weighted by Crippen LogP contribution is -2.42. The monoisotopic (exact) mass is 294 g/mol. The Labute approximate surface area is 119 Å². The van der Waals surface area contributed by atoms with E-state index >= 15 is 0 Å². The van der Waals surface area contributed by atoms with Crippen LogP contribution < -0.4 is 5.32 Å². The second kappa shape index (κ2) is 6.16. The highest BCUT2D eigenvalue weighted by Crippen LogP contribution is 2.13. The molecule has 1 amide bonds. The van der Waals surface area contributed by atoms with E-state index < -0.39 is 17.9 Å². The van der Waals surface area contributed by atoms with Crippen molar-refractivity contribution in [2.75, 3.05) is 0 Å². The SMILES string of the molecule is O=C(NC(Cc1cnc[nH]1)C(=O)O)c1ccncc1Cl. The van der Waals surface area contributed by atoms with Crippen LogP contribution in [-0.4, -0.2) is 38.0 Å². The molecule has 0 aliphatic carbocycles. The van der Waals surface area contributed by atoms with Crippen LogP contribution in [0, 0.1) is 0 Å². The topological polar surface area (TPSA) is 108 Å². The number of carbonyl (C=O) groups is 2. The van der Waals surface area contributed by atoms with Gasteiger partial charge in [-0.1, -0.05) is 11.6 Å². The van der Waals surface area contributed by atoms with Gasteiger partial charge >= 0.3 is 5.97 Å². The maximum atomic E-state index is 12.0. The van der Waals surface area contributed by atoms with Crippen LogP contribution in [0.15, 0.2) is 31.0 Å². The van der Waals surface area contributed by atoms with Crippen molar-refractivity contribution in [1.29, 1.82) is 0 Å². The zero-order valence-electron chi connectivity index (χ0n) is 10.2. The van der Waals surface area contributed by atoms with Crippen molar-refractivity contribution in [1.82, 2.24) is 20.3 Å². The second-order valence-corrected chi connectivity index (χ2v) is 4.41. The molecule has 2 aromatic heterocycles. The number of nitrogens with zero attached hydrogens (tertiary/aromatic N) is 2.